The van der Waals surface area contributed by atoms with Crippen LogP contribution < -0.4 is 21.9 Å². The highest BCUT2D eigenvalue weighted by Crippen LogP contribution is 2.33. The Labute approximate surface area is 121 Å². The van der Waals surface area contributed by atoms with E-state index in [-0.39, 0.29) is 23.5 Å². The van der Waals surface area contributed by atoms with Crippen LogP contribution in [0, 0.1) is 16.0 Å². The van der Waals surface area contributed by atoms with Crippen LogP contribution in [0.5, 0.6) is 0 Å². The Morgan fingerprint density at radius 2 is 2.24 bits per heavy atom. The number of nitro groups is 1. The van der Waals surface area contributed by atoms with E-state index in [1.54, 1.807) is 4.90 Å². The third kappa shape index (κ3) is 3.02. The van der Waals surface area contributed by atoms with Crippen LogP contribution in [0.2, 0.25) is 0 Å². The lowest BCUT2D eigenvalue weighted by molar-refractivity contribution is -0.384. The Kier molecular flexibility index (Phi) is 4.22. The molecule has 5 N–H and O–H groups in total. The number of carbonyl (C=O) groups is 1. The van der Waals surface area contributed by atoms with E-state index in [1.165, 1.54) is 12.1 Å². The fourth-order valence-corrected chi connectivity index (χ4v) is 2.51. The van der Waals surface area contributed by atoms with Crippen molar-refractivity contribution in [1.82, 2.24) is 4.98 Å². The molecule has 0 spiro atoms. The fourth-order valence-electron chi connectivity index (χ4n) is 2.51. The summed E-state index contributed by atoms with van der Waals surface area (Å²) in [5, 5.41) is 11.2. The molecule has 2 unspecified atom stereocenters. The summed E-state index contributed by atoms with van der Waals surface area (Å²) < 4.78 is 0. The Hall–Kier alpha value is -2.42. The first-order chi connectivity index (χ1) is 9.93. The third-order valence-corrected chi connectivity index (χ3v) is 3.76. The van der Waals surface area contributed by atoms with Crippen molar-refractivity contribution in [3.05, 3.63) is 22.2 Å². The van der Waals surface area contributed by atoms with Gasteiger partial charge in [-0.15, -0.1) is 0 Å². The molecule has 9 nitrogen and oxygen atoms in total. The van der Waals surface area contributed by atoms with Gasteiger partial charge >= 0.3 is 5.69 Å². The van der Waals surface area contributed by atoms with Crippen molar-refractivity contribution in [1.29, 1.82) is 0 Å². The maximum atomic E-state index is 11.4. The molecular formula is C12H18N6O3. The quantitative estimate of drug-likeness (QED) is 0.413. The average molecular weight is 294 g/mol. The highest BCUT2D eigenvalue weighted by Gasteiger charge is 2.33. The van der Waals surface area contributed by atoms with Crippen molar-refractivity contribution in [3.8, 4) is 0 Å². The number of rotatable bonds is 4. The zero-order valence-electron chi connectivity index (χ0n) is 11.7. The molecule has 1 aliphatic rings. The molecule has 1 aromatic rings. The second-order valence-electron chi connectivity index (χ2n) is 5.12. The standard InChI is InChI=1S/C12H18N6O3/c1-7-2-3-8(11(13)19)6-17(7)12-9(18(20)21)4-5-10(15-12)16-14/h4-5,7-8H,2-3,6,14H2,1H3,(H2,13,19)(H,15,16). The highest BCUT2D eigenvalue weighted by atomic mass is 16.6. The highest BCUT2D eigenvalue weighted by molar-refractivity contribution is 5.78. The van der Waals surface area contributed by atoms with Gasteiger partial charge in [0.1, 0.15) is 5.82 Å². The summed E-state index contributed by atoms with van der Waals surface area (Å²) in [5.41, 5.74) is 7.60. The van der Waals surface area contributed by atoms with Gasteiger partial charge in [0.15, 0.2) is 0 Å². The summed E-state index contributed by atoms with van der Waals surface area (Å²) in [6, 6.07) is 2.81. The normalized spacial score (nSPS) is 21.9. The molecule has 21 heavy (non-hydrogen) atoms. The van der Waals surface area contributed by atoms with Crippen LogP contribution in [0.4, 0.5) is 17.3 Å². The van der Waals surface area contributed by atoms with E-state index in [2.05, 4.69) is 10.4 Å². The Morgan fingerprint density at radius 3 is 2.81 bits per heavy atom. The number of hydrogen-bond donors (Lipinski definition) is 3. The van der Waals surface area contributed by atoms with E-state index < -0.39 is 10.8 Å². The van der Waals surface area contributed by atoms with Gasteiger partial charge in [-0.1, -0.05) is 0 Å². The van der Waals surface area contributed by atoms with Crippen molar-refractivity contribution in [2.75, 3.05) is 16.9 Å². The van der Waals surface area contributed by atoms with E-state index in [1.807, 2.05) is 6.92 Å². The molecule has 1 fully saturated rings. The van der Waals surface area contributed by atoms with Crippen molar-refractivity contribution in [3.63, 3.8) is 0 Å². The van der Waals surface area contributed by atoms with E-state index in [9.17, 15) is 14.9 Å². The number of carbonyl (C=O) groups excluding carboxylic acids is 1. The lowest BCUT2D eigenvalue weighted by Gasteiger charge is -2.37. The SMILES string of the molecule is CC1CCC(C(N)=O)CN1c1nc(NN)ccc1[N+](=O)[O-]. The number of nitrogens with one attached hydrogen (secondary N) is 1. The molecule has 1 aliphatic heterocycles. The van der Waals surface area contributed by atoms with Crippen LogP contribution in [0.15, 0.2) is 12.1 Å². The Bertz CT molecular complexity index is 564. The summed E-state index contributed by atoms with van der Waals surface area (Å²) in [7, 11) is 0. The van der Waals surface area contributed by atoms with E-state index >= 15 is 0 Å². The number of aromatic nitrogens is 1. The molecule has 0 aliphatic carbocycles. The molecule has 2 rings (SSSR count). The van der Waals surface area contributed by atoms with Crippen molar-refractivity contribution in [2.24, 2.45) is 17.5 Å². The lowest BCUT2D eigenvalue weighted by atomic mass is 9.93. The molecule has 9 heteroatoms. The topological polar surface area (TPSA) is 140 Å². The average Bonchev–Trinajstić information content (AvgIpc) is 2.46. The first kappa shape index (κ1) is 15.0. The number of piperidine rings is 1. The van der Waals surface area contributed by atoms with E-state index in [0.717, 1.165) is 0 Å². The maximum absolute atomic E-state index is 11.4. The number of nitrogen functional groups attached to an aromatic ring is 1. The molecule has 0 radical (unpaired) electrons. The van der Waals surface area contributed by atoms with Crippen LogP contribution in [0.1, 0.15) is 19.8 Å². The van der Waals surface area contributed by atoms with Crippen LogP contribution in [-0.4, -0.2) is 28.4 Å². The fraction of sp³-hybridized carbons (Fsp3) is 0.500. The second kappa shape index (κ2) is 5.92. The molecule has 1 amide bonds. The lowest BCUT2D eigenvalue weighted by Crippen LogP contribution is -2.46. The van der Waals surface area contributed by atoms with Gasteiger partial charge in [0, 0.05) is 18.7 Å². The van der Waals surface area contributed by atoms with E-state index in [4.69, 9.17) is 11.6 Å². The van der Waals surface area contributed by atoms with Crippen molar-refractivity contribution in [2.45, 2.75) is 25.8 Å². The largest absolute Gasteiger partial charge is 0.369 e. The third-order valence-electron chi connectivity index (χ3n) is 3.76. The van der Waals surface area contributed by atoms with Gasteiger partial charge < -0.3 is 16.1 Å². The molecule has 1 aromatic heterocycles. The summed E-state index contributed by atoms with van der Waals surface area (Å²) in [6.45, 7) is 2.25. The molecule has 0 bridgehead atoms. The summed E-state index contributed by atoms with van der Waals surface area (Å²) in [6.07, 6.45) is 1.39. The van der Waals surface area contributed by atoms with E-state index in [0.29, 0.717) is 25.2 Å². The first-order valence-electron chi connectivity index (χ1n) is 6.62. The second-order valence-corrected chi connectivity index (χ2v) is 5.12. The minimum absolute atomic E-state index is 0.0276. The van der Waals surface area contributed by atoms with Crippen LogP contribution in [0.25, 0.3) is 0 Å². The number of nitrogens with two attached hydrogens (primary N) is 2. The molecular weight excluding hydrogens is 276 g/mol. The number of nitrogens with zero attached hydrogens (tertiary/aromatic N) is 3. The predicted octanol–water partition coefficient (Wildman–Crippen LogP) is 0.366. The first-order valence-corrected chi connectivity index (χ1v) is 6.62. The smallest absolute Gasteiger partial charge is 0.311 e. The van der Waals surface area contributed by atoms with Crippen molar-refractivity contribution >= 4 is 23.2 Å². The van der Waals surface area contributed by atoms with Gasteiger partial charge in [-0.25, -0.2) is 10.8 Å². The van der Waals surface area contributed by atoms with Gasteiger partial charge in [0.2, 0.25) is 11.7 Å². The van der Waals surface area contributed by atoms with Gasteiger partial charge in [-0.05, 0) is 25.8 Å². The number of anilines is 2. The Morgan fingerprint density at radius 1 is 1.52 bits per heavy atom. The molecule has 2 atom stereocenters. The molecule has 114 valence electrons. The number of hydrazine groups is 1. The predicted molar refractivity (Wildman–Crippen MR) is 77.4 cm³/mol. The van der Waals surface area contributed by atoms with Crippen LogP contribution in [-0.2, 0) is 4.79 Å². The summed E-state index contributed by atoms with van der Waals surface area (Å²) in [4.78, 5) is 28.0. The van der Waals surface area contributed by atoms with Crippen LogP contribution in [0.3, 0.4) is 0 Å². The Balaban J connectivity index is 2.41. The number of primary amides is 1. The summed E-state index contributed by atoms with van der Waals surface area (Å²) in [5.74, 6) is 5.10. The van der Waals surface area contributed by atoms with Gasteiger partial charge in [-0.3, -0.25) is 14.9 Å². The van der Waals surface area contributed by atoms with Crippen molar-refractivity contribution < 1.29 is 9.72 Å². The number of amides is 1. The van der Waals surface area contributed by atoms with Gasteiger partial charge in [0.05, 0.1) is 10.8 Å². The zero-order valence-corrected chi connectivity index (χ0v) is 11.7. The minimum atomic E-state index is -0.497. The summed E-state index contributed by atoms with van der Waals surface area (Å²) >= 11 is 0. The molecule has 0 saturated carbocycles. The number of hydrogen-bond acceptors (Lipinski definition) is 7. The molecule has 2 heterocycles. The van der Waals surface area contributed by atoms with Crippen LogP contribution >= 0.6 is 0 Å². The molecule has 0 aromatic carbocycles. The van der Waals surface area contributed by atoms with Gasteiger partial charge in [-0.2, -0.15) is 0 Å². The number of pyridine rings is 1. The monoisotopic (exact) mass is 294 g/mol. The maximum Gasteiger partial charge on any atom is 0.311 e. The zero-order chi connectivity index (χ0) is 15.6. The molecule has 1 saturated heterocycles. The van der Waals surface area contributed by atoms with Gasteiger partial charge in [0.25, 0.3) is 0 Å². The minimum Gasteiger partial charge on any atom is -0.369 e.